The van der Waals surface area contributed by atoms with Crippen molar-refractivity contribution in [3.8, 4) is 6.07 Å². The van der Waals surface area contributed by atoms with Crippen LogP contribution in [0.3, 0.4) is 0 Å². The first-order valence-corrected chi connectivity index (χ1v) is 5.44. The number of rotatable bonds is 2. The zero-order valence-electron chi connectivity index (χ0n) is 9.30. The van der Waals surface area contributed by atoms with Gasteiger partial charge in [0, 0.05) is 18.8 Å². The Bertz CT molecular complexity index is 411. The Morgan fingerprint density at radius 2 is 2.50 bits per heavy atom. The molecular formula is C11H15N5. The predicted octanol–water partition coefficient (Wildman–Crippen LogP) is 0.522. The lowest BCUT2D eigenvalue weighted by Crippen LogP contribution is -2.29. The van der Waals surface area contributed by atoms with E-state index in [-0.39, 0.29) is 0 Å². The van der Waals surface area contributed by atoms with Gasteiger partial charge in [0.15, 0.2) is 0 Å². The van der Waals surface area contributed by atoms with E-state index in [0.29, 0.717) is 30.1 Å². The van der Waals surface area contributed by atoms with Gasteiger partial charge >= 0.3 is 0 Å². The molecule has 2 rings (SSSR count). The standard InChI is InChI=1S/C11H15N5/c1-8-4-9(5-12)7-16(8)11-14-3-2-10(6-13)15-11/h2-3,8-9H,4-5,7,12H2,1H3. The van der Waals surface area contributed by atoms with Crippen molar-refractivity contribution in [2.75, 3.05) is 18.0 Å². The van der Waals surface area contributed by atoms with Crippen molar-refractivity contribution in [1.82, 2.24) is 9.97 Å². The van der Waals surface area contributed by atoms with Crippen molar-refractivity contribution < 1.29 is 0 Å². The van der Waals surface area contributed by atoms with E-state index in [1.165, 1.54) is 0 Å². The van der Waals surface area contributed by atoms with E-state index in [9.17, 15) is 0 Å². The van der Waals surface area contributed by atoms with E-state index in [0.717, 1.165) is 13.0 Å². The molecule has 84 valence electrons. The lowest BCUT2D eigenvalue weighted by molar-refractivity contribution is 0.579. The van der Waals surface area contributed by atoms with Crippen LogP contribution in [0.15, 0.2) is 12.3 Å². The van der Waals surface area contributed by atoms with Crippen LogP contribution in [0.2, 0.25) is 0 Å². The van der Waals surface area contributed by atoms with Gasteiger partial charge < -0.3 is 10.6 Å². The zero-order chi connectivity index (χ0) is 11.5. The van der Waals surface area contributed by atoms with Gasteiger partial charge in [-0.25, -0.2) is 9.97 Å². The molecule has 0 spiro atoms. The van der Waals surface area contributed by atoms with Gasteiger partial charge in [0.1, 0.15) is 11.8 Å². The molecular weight excluding hydrogens is 202 g/mol. The molecule has 1 aromatic rings. The van der Waals surface area contributed by atoms with Gasteiger partial charge in [0.25, 0.3) is 0 Å². The number of nitriles is 1. The third kappa shape index (κ3) is 1.97. The molecule has 5 heteroatoms. The Morgan fingerprint density at radius 3 is 3.12 bits per heavy atom. The van der Waals surface area contributed by atoms with Crippen LogP contribution in [0.25, 0.3) is 0 Å². The molecule has 1 aliphatic rings. The Morgan fingerprint density at radius 1 is 1.69 bits per heavy atom. The zero-order valence-corrected chi connectivity index (χ0v) is 9.30. The maximum atomic E-state index is 8.79. The SMILES string of the molecule is CC1CC(CN)CN1c1nccc(C#N)n1. The summed E-state index contributed by atoms with van der Waals surface area (Å²) < 4.78 is 0. The van der Waals surface area contributed by atoms with Crippen molar-refractivity contribution in [1.29, 1.82) is 5.26 Å². The summed E-state index contributed by atoms with van der Waals surface area (Å²) in [7, 11) is 0. The highest BCUT2D eigenvalue weighted by Gasteiger charge is 2.29. The lowest BCUT2D eigenvalue weighted by atomic mass is 10.1. The molecule has 0 aromatic carbocycles. The van der Waals surface area contributed by atoms with E-state index >= 15 is 0 Å². The largest absolute Gasteiger partial charge is 0.338 e. The van der Waals surface area contributed by atoms with Gasteiger partial charge in [-0.05, 0) is 31.9 Å². The lowest BCUT2D eigenvalue weighted by Gasteiger charge is -2.20. The first-order valence-electron chi connectivity index (χ1n) is 5.44. The number of nitrogens with zero attached hydrogens (tertiary/aromatic N) is 4. The van der Waals surface area contributed by atoms with Crippen molar-refractivity contribution in [3.63, 3.8) is 0 Å². The summed E-state index contributed by atoms with van der Waals surface area (Å²) in [5.41, 5.74) is 6.08. The Balaban J connectivity index is 2.21. The Labute approximate surface area is 94.9 Å². The van der Waals surface area contributed by atoms with Crippen molar-refractivity contribution in [3.05, 3.63) is 18.0 Å². The molecule has 1 saturated heterocycles. The molecule has 0 amide bonds. The molecule has 2 heterocycles. The van der Waals surface area contributed by atoms with Crippen LogP contribution in [0.4, 0.5) is 5.95 Å². The monoisotopic (exact) mass is 217 g/mol. The summed E-state index contributed by atoms with van der Waals surface area (Å²) in [6.07, 6.45) is 2.69. The predicted molar refractivity (Wildman–Crippen MR) is 60.7 cm³/mol. The average molecular weight is 217 g/mol. The summed E-state index contributed by atoms with van der Waals surface area (Å²) in [6.45, 7) is 3.71. The van der Waals surface area contributed by atoms with E-state index in [4.69, 9.17) is 11.0 Å². The summed E-state index contributed by atoms with van der Waals surface area (Å²) in [5.74, 6) is 1.15. The fourth-order valence-corrected chi connectivity index (χ4v) is 2.14. The highest BCUT2D eigenvalue weighted by atomic mass is 15.3. The number of aromatic nitrogens is 2. The minimum atomic E-state index is 0.391. The van der Waals surface area contributed by atoms with E-state index in [2.05, 4.69) is 21.8 Å². The van der Waals surface area contributed by atoms with E-state index < -0.39 is 0 Å². The molecule has 1 aromatic heterocycles. The summed E-state index contributed by atoms with van der Waals surface area (Å²) in [5, 5.41) is 8.79. The second kappa shape index (κ2) is 4.45. The van der Waals surface area contributed by atoms with Crippen molar-refractivity contribution in [2.24, 2.45) is 11.7 Å². The molecule has 16 heavy (non-hydrogen) atoms. The fraction of sp³-hybridized carbons (Fsp3) is 0.545. The second-order valence-electron chi connectivity index (χ2n) is 4.19. The van der Waals surface area contributed by atoms with Crippen LogP contribution in [0.1, 0.15) is 19.0 Å². The maximum Gasteiger partial charge on any atom is 0.226 e. The second-order valence-corrected chi connectivity index (χ2v) is 4.19. The topological polar surface area (TPSA) is 78.8 Å². The van der Waals surface area contributed by atoms with E-state index in [1.54, 1.807) is 12.3 Å². The maximum absolute atomic E-state index is 8.79. The van der Waals surface area contributed by atoms with Gasteiger partial charge in [-0.3, -0.25) is 0 Å². The molecule has 2 atom stereocenters. The quantitative estimate of drug-likeness (QED) is 0.781. The molecule has 1 aliphatic heterocycles. The minimum Gasteiger partial charge on any atom is -0.338 e. The number of hydrogen-bond acceptors (Lipinski definition) is 5. The average Bonchev–Trinajstić information content (AvgIpc) is 2.71. The van der Waals surface area contributed by atoms with Crippen LogP contribution in [0.5, 0.6) is 0 Å². The first-order chi connectivity index (χ1) is 7.74. The minimum absolute atomic E-state index is 0.391. The van der Waals surface area contributed by atoms with E-state index in [1.807, 2.05) is 6.07 Å². The third-order valence-corrected chi connectivity index (χ3v) is 3.01. The molecule has 5 nitrogen and oxygen atoms in total. The van der Waals surface area contributed by atoms with Crippen LogP contribution in [0, 0.1) is 17.2 Å². The van der Waals surface area contributed by atoms with Crippen LogP contribution in [-0.2, 0) is 0 Å². The summed E-state index contributed by atoms with van der Waals surface area (Å²) >= 11 is 0. The fourth-order valence-electron chi connectivity index (χ4n) is 2.14. The highest BCUT2D eigenvalue weighted by molar-refractivity contribution is 5.36. The molecule has 1 fully saturated rings. The van der Waals surface area contributed by atoms with Gasteiger partial charge in [0.05, 0.1) is 0 Å². The highest BCUT2D eigenvalue weighted by Crippen LogP contribution is 2.25. The molecule has 0 saturated carbocycles. The summed E-state index contributed by atoms with van der Waals surface area (Å²) in [4.78, 5) is 10.5. The van der Waals surface area contributed by atoms with Gasteiger partial charge in [-0.1, -0.05) is 0 Å². The van der Waals surface area contributed by atoms with Crippen molar-refractivity contribution in [2.45, 2.75) is 19.4 Å². The smallest absolute Gasteiger partial charge is 0.226 e. The molecule has 0 radical (unpaired) electrons. The van der Waals surface area contributed by atoms with Gasteiger partial charge in [0.2, 0.25) is 5.95 Å². The number of anilines is 1. The van der Waals surface area contributed by atoms with Crippen LogP contribution in [-0.4, -0.2) is 29.1 Å². The molecule has 0 aliphatic carbocycles. The van der Waals surface area contributed by atoms with Gasteiger partial charge in [-0.15, -0.1) is 0 Å². The normalized spacial score (nSPS) is 24.4. The molecule has 0 bridgehead atoms. The molecule has 2 unspecified atom stereocenters. The first kappa shape index (κ1) is 10.8. The Hall–Kier alpha value is -1.67. The molecule has 2 N–H and O–H groups in total. The number of nitrogens with two attached hydrogens (primary N) is 1. The summed E-state index contributed by atoms with van der Waals surface area (Å²) in [6, 6.07) is 4.04. The van der Waals surface area contributed by atoms with Gasteiger partial charge in [-0.2, -0.15) is 5.26 Å². The third-order valence-electron chi connectivity index (χ3n) is 3.01. The Kier molecular flexibility index (Phi) is 3.02. The van der Waals surface area contributed by atoms with Crippen LogP contribution < -0.4 is 10.6 Å². The number of hydrogen-bond donors (Lipinski definition) is 1. The van der Waals surface area contributed by atoms with Crippen LogP contribution >= 0.6 is 0 Å². The van der Waals surface area contributed by atoms with Crippen molar-refractivity contribution >= 4 is 5.95 Å².